The van der Waals surface area contributed by atoms with Gasteiger partial charge in [0, 0.05) is 46.9 Å². The summed E-state index contributed by atoms with van der Waals surface area (Å²) in [5, 5.41) is 4.12. The molecule has 0 aliphatic rings. The van der Waals surface area contributed by atoms with Crippen LogP contribution in [0.15, 0.2) is 67.1 Å². The van der Waals surface area contributed by atoms with Gasteiger partial charge in [-0.1, -0.05) is 12.1 Å². The molecule has 4 N–H and O–H groups in total. The van der Waals surface area contributed by atoms with E-state index in [-0.39, 0.29) is 5.75 Å². The van der Waals surface area contributed by atoms with Gasteiger partial charge in [-0.15, -0.1) is 0 Å². The molecule has 10 heteroatoms. The third kappa shape index (κ3) is 4.70. The highest BCUT2D eigenvalue weighted by Gasteiger charge is 2.13. The van der Waals surface area contributed by atoms with Gasteiger partial charge < -0.3 is 15.6 Å². The molecule has 32 heavy (non-hydrogen) atoms. The van der Waals surface area contributed by atoms with Crippen molar-refractivity contribution < 1.29 is 13.2 Å². The van der Waals surface area contributed by atoms with Crippen LogP contribution in [0.2, 0.25) is 0 Å². The van der Waals surface area contributed by atoms with E-state index < -0.39 is 15.9 Å². The largest absolute Gasteiger partial charge is 0.366 e. The van der Waals surface area contributed by atoms with Crippen LogP contribution in [0.25, 0.3) is 10.9 Å². The van der Waals surface area contributed by atoms with Crippen LogP contribution in [0.1, 0.15) is 22.8 Å². The Labute approximate surface area is 185 Å². The molecule has 0 fully saturated rings. The molecule has 0 saturated heterocycles. The van der Waals surface area contributed by atoms with Crippen molar-refractivity contribution in [3.05, 3.63) is 78.2 Å². The average Bonchev–Trinajstić information content (AvgIpc) is 3.17. The number of sulfonamides is 1. The van der Waals surface area contributed by atoms with E-state index in [0.717, 1.165) is 16.5 Å². The van der Waals surface area contributed by atoms with Crippen LogP contribution in [0, 0.1) is 0 Å². The second-order valence-corrected chi connectivity index (χ2v) is 9.17. The maximum atomic E-state index is 12.0. The van der Waals surface area contributed by atoms with Crippen LogP contribution < -0.4 is 15.8 Å². The van der Waals surface area contributed by atoms with Gasteiger partial charge in [0.15, 0.2) is 0 Å². The Bertz CT molecular complexity index is 1400. The summed E-state index contributed by atoms with van der Waals surface area (Å²) >= 11 is 0. The van der Waals surface area contributed by atoms with Crippen molar-refractivity contribution in [1.29, 1.82) is 0 Å². The highest BCUT2D eigenvalue weighted by molar-refractivity contribution is 7.92. The van der Waals surface area contributed by atoms with Crippen molar-refractivity contribution in [1.82, 2.24) is 14.5 Å². The number of rotatable bonds is 8. The average molecular weight is 451 g/mol. The predicted molar refractivity (Wildman–Crippen MR) is 124 cm³/mol. The molecule has 1 amide bonds. The van der Waals surface area contributed by atoms with Crippen molar-refractivity contribution in [3.8, 4) is 0 Å². The number of nitrogens with two attached hydrogens (primary N) is 1. The minimum Gasteiger partial charge on any atom is -0.366 e. The van der Waals surface area contributed by atoms with Gasteiger partial charge in [0.2, 0.25) is 15.9 Å². The van der Waals surface area contributed by atoms with E-state index in [1.165, 1.54) is 0 Å². The highest BCUT2D eigenvalue weighted by Crippen LogP contribution is 2.24. The van der Waals surface area contributed by atoms with Crippen LogP contribution in [0.3, 0.4) is 0 Å². The van der Waals surface area contributed by atoms with Gasteiger partial charge in [-0.25, -0.2) is 18.4 Å². The van der Waals surface area contributed by atoms with E-state index in [2.05, 4.69) is 20.0 Å². The number of fused-ring (bicyclic) bond motifs is 1. The molecule has 4 rings (SSSR count). The van der Waals surface area contributed by atoms with Crippen LogP contribution >= 0.6 is 0 Å². The van der Waals surface area contributed by atoms with Crippen LogP contribution in [-0.2, 0) is 16.6 Å². The number of carbonyl (C=O) groups is 1. The molecule has 0 bridgehead atoms. The van der Waals surface area contributed by atoms with Gasteiger partial charge in [0.05, 0.1) is 17.8 Å². The zero-order chi connectivity index (χ0) is 22.7. The van der Waals surface area contributed by atoms with Crippen molar-refractivity contribution >= 4 is 44.2 Å². The first kappa shape index (κ1) is 21.3. The van der Waals surface area contributed by atoms with Crippen LogP contribution in [0.5, 0.6) is 0 Å². The lowest BCUT2D eigenvalue weighted by Gasteiger charge is -2.12. The third-order valence-corrected chi connectivity index (χ3v) is 6.20. The van der Waals surface area contributed by atoms with E-state index in [1.807, 2.05) is 35.0 Å². The third-order valence-electron chi connectivity index (χ3n) is 4.94. The fraction of sp³-hybridized carbons (Fsp3) is 0.136. The summed E-state index contributed by atoms with van der Waals surface area (Å²) in [6, 6.07) is 14.3. The number of aromatic nitrogens is 3. The fourth-order valence-corrected chi connectivity index (χ4v) is 3.87. The number of nitrogens with zero attached hydrogens (tertiary/aromatic N) is 3. The number of anilines is 3. The molecule has 0 aliphatic carbocycles. The number of hydrogen-bond acceptors (Lipinski definition) is 6. The topological polar surface area (TPSA) is 132 Å². The Morgan fingerprint density at radius 3 is 2.75 bits per heavy atom. The summed E-state index contributed by atoms with van der Waals surface area (Å²) in [4.78, 5) is 20.1. The Morgan fingerprint density at radius 2 is 1.97 bits per heavy atom. The maximum Gasteiger partial charge on any atom is 0.248 e. The van der Waals surface area contributed by atoms with Gasteiger partial charge in [-0.2, -0.15) is 0 Å². The number of nitrogens with one attached hydrogen (secondary N) is 2. The molecular weight excluding hydrogens is 428 g/mol. The number of carbonyl (C=O) groups excluding carboxylic acids is 1. The van der Waals surface area contributed by atoms with Crippen molar-refractivity contribution in [3.63, 3.8) is 0 Å². The fourth-order valence-electron chi connectivity index (χ4n) is 3.25. The summed E-state index contributed by atoms with van der Waals surface area (Å²) in [6.45, 7) is 1.99. The van der Waals surface area contributed by atoms with Crippen LogP contribution in [0.4, 0.5) is 17.3 Å². The number of benzene rings is 1. The van der Waals surface area contributed by atoms with E-state index in [1.54, 1.807) is 43.6 Å². The van der Waals surface area contributed by atoms with E-state index in [0.29, 0.717) is 29.4 Å². The van der Waals surface area contributed by atoms with E-state index in [4.69, 9.17) is 5.73 Å². The summed E-state index contributed by atoms with van der Waals surface area (Å²) in [5.74, 6) is 0.369. The first-order valence-electron chi connectivity index (χ1n) is 9.91. The van der Waals surface area contributed by atoms with Crippen molar-refractivity contribution in [2.45, 2.75) is 13.5 Å². The summed E-state index contributed by atoms with van der Waals surface area (Å²) in [5.41, 5.74) is 8.09. The second kappa shape index (κ2) is 8.67. The number of amides is 1. The van der Waals surface area contributed by atoms with Crippen molar-refractivity contribution in [2.24, 2.45) is 5.73 Å². The minimum absolute atomic E-state index is 0.0346. The molecule has 164 valence electrons. The van der Waals surface area contributed by atoms with Gasteiger partial charge in [-0.05, 0) is 37.3 Å². The Hall–Kier alpha value is -3.92. The van der Waals surface area contributed by atoms with E-state index in [9.17, 15) is 13.2 Å². The first-order valence-corrected chi connectivity index (χ1v) is 11.6. The lowest BCUT2D eigenvalue weighted by atomic mass is 10.2. The normalized spacial score (nSPS) is 11.4. The highest BCUT2D eigenvalue weighted by atomic mass is 32.2. The molecule has 1 aromatic carbocycles. The van der Waals surface area contributed by atoms with Gasteiger partial charge in [0.1, 0.15) is 11.6 Å². The molecule has 0 unspecified atom stereocenters. The standard InChI is InChI=1S/C22H22N6O3S/c1-2-32(30,31)27-22-17(6-4-9-24-22)14-28-10-8-16-13-25-20(12-19(16)28)26-18-7-3-5-15(11-18)21(23)29/h3-13H,2,14H2,1H3,(H2,23,29)(H,24,27)(H,25,26). The molecule has 0 radical (unpaired) electrons. The van der Waals surface area contributed by atoms with Gasteiger partial charge in [0.25, 0.3) is 0 Å². The smallest absolute Gasteiger partial charge is 0.248 e. The first-order chi connectivity index (χ1) is 15.3. The lowest BCUT2D eigenvalue weighted by Crippen LogP contribution is -2.17. The maximum absolute atomic E-state index is 12.0. The molecule has 0 saturated carbocycles. The van der Waals surface area contributed by atoms with Crippen molar-refractivity contribution in [2.75, 3.05) is 15.8 Å². The summed E-state index contributed by atoms with van der Waals surface area (Å²) in [7, 11) is -3.44. The predicted octanol–water partition coefficient (Wildman–Crippen LogP) is 3.08. The Morgan fingerprint density at radius 1 is 1.12 bits per heavy atom. The molecule has 9 nitrogen and oxygen atoms in total. The number of pyridine rings is 2. The molecule has 0 spiro atoms. The molecule has 3 aromatic heterocycles. The van der Waals surface area contributed by atoms with E-state index >= 15 is 0 Å². The molecule has 3 heterocycles. The van der Waals surface area contributed by atoms with Gasteiger partial charge >= 0.3 is 0 Å². The molecule has 0 aliphatic heterocycles. The monoisotopic (exact) mass is 450 g/mol. The number of primary amides is 1. The lowest BCUT2D eigenvalue weighted by molar-refractivity contribution is 0.100. The summed E-state index contributed by atoms with van der Waals surface area (Å²) in [6.07, 6.45) is 5.21. The second-order valence-electron chi connectivity index (χ2n) is 7.16. The Kier molecular flexibility index (Phi) is 5.78. The van der Waals surface area contributed by atoms with Gasteiger partial charge in [-0.3, -0.25) is 9.52 Å². The van der Waals surface area contributed by atoms with Crippen LogP contribution in [-0.4, -0.2) is 34.6 Å². The minimum atomic E-state index is -3.44. The SMILES string of the molecule is CCS(=O)(=O)Nc1ncccc1Cn1ccc2cnc(Nc3cccc(C(N)=O)c3)cc21. The Balaban J connectivity index is 1.63. The quantitative estimate of drug-likeness (QED) is 0.378. The zero-order valence-corrected chi connectivity index (χ0v) is 18.1. The molecule has 0 atom stereocenters. The summed E-state index contributed by atoms with van der Waals surface area (Å²) < 4.78 is 28.6. The molecule has 4 aromatic rings. The zero-order valence-electron chi connectivity index (χ0n) is 17.3. The number of hydrogen-bond donors (Lipinski definition) is 3. The molecular formula is C22H22N6O3S.